The van der Waals surface area contributed by atoms with Crippen LogP contribution in [-0.4, -0.2) is 28.5 Å². The van der Waals surface area contributed by atoms with E-state index in [0.29, 0.717) is 5.92 Å². The Morgan fingerprint density at radius 1 is 0.917 bits per heavy atom. The van der Waals surface area contributed by atoms with Crippen molar-refractivity contribution in [3.63, 3.8) is 0 Å². The number of anilines is 1. The van der Waals surface area contributed by atoms with Crippen molar-refractivity contribution < 1.29 is 4.79 Å². The number of rotatable bonds is 6. The molecule has 3 aromatic carbocycles. The molecular weight excluding hydrogens is 442 g/mol. The number of carbonyl (C=O) groups is 1. The van der Waals surface area contributed by atoms with E-state index in [1.807, 2.05) is 33.8 Å². The smallest absolute Gasteiger partial charge is 0.226 e. The van der Waals surface area contributed by atoms with E-state index in [2.05, 4.69) is 93.8 Å². The molecule has 0 spiro atoms. The quantitative estimate of drug-likeness (QED) is 0.307. The number of hydrogen-bond donors (Lipinski definition) is 1. The number of aromatic nitrogens is 1. The first-order valence-electron chi connectivity index (χ1n) is 13.4. The van der Waals surface area contributed by atoms with Crippen molar-refractivity contribution in [1.29, 1.82) is 0 Å². The zero-order chi connectivity index (χ0) is 25.5. The van der Waals surface area contributed by atoms with Crippen molar-refractivity contribution in [1.82, 2.24) is 9.47 Å². The molecule has 4 heteroatoms. The highest BCUT2D eigenvalue weighted by molar-refractivity contribution is 5.92. The van der Waals surface area contributed by atoms with Gasteiger partial charge in [-0.15, -0.1) is 0 Å². The summed E-state index contributed by atoms with van der Waals surface area (Å²) in [6.45, 7) is 11.0. The van der Waals surface area contributed by atoms with Crippen LogP contribution in [0.25, 0.3) is 16.6 Å². The summed E-state index contributed by atoms with van der Waals surface area (Å²) in [5.41, 5.74) is 6.06. The molecule has 1 aromatic heterocycles. The predicted molar refractivity (Wildman–Crippen MR) is 152 cm³/mol. The van der Waals surface area contributed by atoms with Gasteiger partial charge >= 0.3 is 0 Å². The normalized spacial score (nSPS) is 14.5. The van der Waals surface area contributed by atoms with Crippen LogP contribution in [0.2, 0.25) is 0 Å². The van der Waals surface area contributed by atoms with E-state index in [-0.39, 0.29) is 11.8 Å². The molecule has 1 aliphatic rings. The third kappa shape index (κ3) is 6.06. The number of hydrogen-bond acceptors (Lipinski definition) is 2. The lowest BCUT2D eigenvalue weighted by Gasteiger charge is -2.32. The minimum atomic E-state index is -0.0111. The van der Waals surface area contributed by atoms with Crippen molar-refractivity contribution >= 4 is 22.5 Å². The van der Waals surface area contributed by atoms with Crippen molar-refractivity contribution in [2.75, 3.05) is 18.4 Å². The van der Waals surface area contributed by atoms with Gasteiger partial charge < -0.3 is 9.88 Å². The van der Waals surface area contributed by atoms with Gasteiger partial charge in [-0.1, -0.05) is 64.1 Å². The Balaban J connectivity index is 0.00000148. The standard InChI is InChI=1S/C30H33N3O.C2H6/c1-22(2)30(34)31-27-8-6-7-25(20-27)24-13-16-32(17-14-24)21-23-11-12-29-26(19-23)15-18-33(29)28-9-4-3-5-10-28;1-2/h3-12,15,18-20,22,24H,13-14,16-17,21H2,1-2H3,(H,31,34);1-2H3. The average molecular weight is 482 g/mol. The van der Waals surface area contributed by atoms with Gasteiger partial charge in [0.2, 0.25) is 5.91 Å². The number of carbonyl (C=O) groups excluding carboxylic acids is 1. The maximum atomic E-state index is 12.1. The molecule has 0 unspecified atom stereocenters. The zero-order valence-electron chi connectivity index (χ0n) is 22.1. The van der Waals surface area contributed by atoms with Gasteiger partial charge in [-0.2, -0.15) is 0 Å². The molecule has 0 saturated carbocycles. The van der Waals surface area contributed by atoms with Gasteiger partial charge in [-0.25, -0.2) is 0 Å². The molecule has 5 rings (SSSR count). The first-order chi connectivity index (χ1) is 17.6. The lowest BCUT2D eigenvalue weighted by atomic mass is 9.89. The van der Waals surface area contributed by atoms with Gasteiger partial charge in [0, 0.05) is 35.4 Å². The summed E-state index contributed by atoms with van der Waals surface area (Å²) >= 11 is 0. The largest absolute Gasteiger partial charge is 0.326 e. The molecule has 1 N–H and O–H groups in total. The number of benzene rings is 3. The van der Waals surface area contributed by atoms with E-state index < -0.39 is 0 Å². The first kappa shape index (κ1) is 25.7. The number of likely N-dealkylation sites (tertiary alicyclic amines) is 1. The lowest BCUT2D eigenvalue weighted by Crippen LogP contribution is -2.32. The van der Waals surface area contributed by atoms with Crippen LogP contribution in [0.5, 0.6) is 0 Å². The van der Waals surface area contributed by atoms with Crippen molar-refractivity contribution in [2.45, 2.75) is 53.0 Å². The van der Waals surface area contributed by atoms with Crippen molar-refractivity contribution in [3.05, 3.63) is 96.2 Å². The lowest BCUT2D eigenvalue weighted by molar-refractivity contribution is -0.118. The van der Waals surface area contributed by atoms with Crippen molar-refractivity contribution in [2.24, 2.45) is 5.92 Å². The monoisotopic (exact) mass is 481 g/mol. The second-order valence-electron chi connectivity index (χ2n) is 9.73. The van der Waals surface area contributed by atoms with E-state index in [9.17, 15) is 4.79 Å². The number of amides is 1. The van der Waals surface area contributed by atoms with Gasteiger partial charge in [-0.3, -0.25) is 9.69 Å². The third-order valence-electron chi connectivity index (χ3n) is 6.93. The van der Waals surface area contributed by atoms with Gasteiger partial charge in [0.15, 0.2) is 0 Å². The number of para-hydroxylation sites is 1. The van der Waals surface area contributed by atoms with Crippen LogP contribution >= 0.6 is 0 Å². The Bertz CT molecular complexity index is 1270. The van der Waals surface area contributed by atoms with Crippen LogP contribution in [0, 0.1) is 5.92 Å². The first-order valence-corrected chi connectivity index (χ1v) is 13.4. The van der Waals surface area contributed by atoms with Gasteiger partial charge in [0.1, 0.15) is 0 Å². The molecule has 4 nitrogen and oxygen atoms in total. The van der Waals surface area contributed by atoms with E-state index in [4.69, 9.17) is 0 Å². The second-order valence-corrected chi connectivity index (χ2v) is 9.73. The molecule has 2 heterocycles. The van der Waals surface area contributed by atoms with E-state index in [1.165, 1.54) is 27.7 Å². The summed E-state index contributed by atoms with van der Waals surface area (Å²) < 4.78 is 2.25. The number of fused-ring (bicyclic) bond motifs is 1. The van der Waals surface area contributed by atoms with Gasteiger partial charge in [-0.05, 0) is 85.4 Å². The minimum absolute atomic E-state index is 0.0111. The summed E-state index contributed by atoms with van der Waals surface area (Å²) in [5.74, 6) is 0.612. The van der Waals surface area contributed by atoms with Crippen LogP contribution in [-0.2, 0) is 11.3 Å². The second kappa shape index (κ2) is 12.0. The number of piperidine rings is 1. The molecule has 4 aromatic rings. The fourth-order valence-corrected chi connectivity index (χ4v) is 4.94. The molecule has 1 aliphatic heterocycles. The summed E-state index contributed by atoms with van der Waals surface area (Å²) in [7, 11) is 0. The van der Waals surface area contributed by atoms with Crippen LogP contribution in [0.1, 0.15) is 57.6 Å². The number of nitrogens with zero attached hydrogens (tertiary/aromatic N) is 2. The molecule has 0 bridgehead atoms. The Morgan fingerprint density at radius 3 is 2.39 bits per heavy atom. The highest BCUT2D eigenvalue weighted by atomic mass is 16.1. The summed E-state index contributed by atoms with van der Waals surface area (Å²) in [6, 6.07) is 28.0. The fourth-order valence-electron chi connectivity index (χ4n) is 4.94. The fraction of sp³-hybridized carbons (Fsp3) is 0.344. The van der Waals surface area contributed by atoms with Crippen LogP contribution < -0.4 is 5.32 Å². The van der Waals surface area contributed by atoms with Crippen LogP contribution in [0.3, 0.4) is 0 Å². The highest BCUT2D eigenvalue weighted by Gasteiger charge is 2.21. The van der Waals surface area contributed by atoms with Gasteiger partial charge in [0.05, 0.1) is 5.52 Å². The predicted octanol–water partition coefficient (Wildman–Crippen LogP) is 7.63. The third-order valence-corrected chi connectivity index (χ3v) is 6.93. The van der Waals surface area contributed by atoms with E-state index in [0.717, 1.165) is 38.2 Å². The molecule has 1 saturated heterocycles. The van der Waals surface area contributed by atoms with E-state index in [1.54, 1.807) is 0 Å². The Morgan fingerprint density at radius 2 is 1.67 bits per heavy atom. The average Bonchev–Trinajstić information content (AvgIpc) is 3.34. The Kier molecular flexibility index (Phi) is 8.61. The molecule has 0 aliphatic carbocycles. The Labute approximate surface area is 215 Å². The maximum absolute atomic E-state index is 12.1. The molecule has 1 fully saturated rings. The summed E-state index contributed by atoms with van der Waals surface area (Å²) in [4.78, 5) is 14.6. The topological polar surface area (TPSA) is 37.3 Å². The zero-order valence-corrected chi connectivity index (χ0v) is 22.1. The summed E-state index contributed by atoms with van der Waals surface area (Å²) in [6.07, 6.45) is 4.45. The van der Waals surface area contributed by atoms with Crippen molar-refractivity contribution in [3.8, 4) is 5.69 Å². The molecule has 188 valence electrons. The molecule has 36 heavy (non-hydrogen) atoms. The summed E-state index contributed by atoms with van der Waals surface area (Å²) in [5, 5.41) is 4.33. The molecular formula is C32H39N3O. The molecule has 0 radical (unpaired) electrons. The van der Waals surface area contributed by atoms with Crippen LogP contribution in [0.15, 0.2) is 85.1 Å². The maximum Gasteiger partial charge on any atom is 0.226 e. The van der Waals surface area contributed by atoms with Crippen LogP contribution in [0.4, 0.5) is 5.69 Å². The van der Waals surface area contributed by atoms with E-state index >= 15 is 0 Å². The molecule has 1 amide bonds. The molecule has 0 atom stereocenters. The minimum Gasteiger partial charge on any atom is -0.326 e. The van der Waals surface area contributed by atoms with Gasteiger partial charge in [0.25, 0.3) is 0 Å². The Hall–Kier alpha value is -3.37. The SMILES string of the molecule is CC.CC(C)C(=O)Nc1cccc(C2CCN(Cc3ccc4c(ccn4-c4ccccc4)c3)CC2)c1. The number of nitrogens with one attached hydrogen (secondary N) is 1. The highest BCUT2D eigenvalue weighted by Crippen LogP contribution is 2.31.